The summed E-state index contributed by atoms with van der Waals surface area (Å²) in [4.78, 5) is 30.2. The van der Waals surface area contributed by atoms with Gasteiger partial charge < -0.3 is 10.2 Å². The fraction of sp³-hybridized carbons (Fsp3) is 0.500. The number of amides is 3. The third kappa shape index (κ3) is 3.14. The fourth-order valence-electron chi connectivity index (χ4n) is 3.00. The summed E-state index contributed by atoms with van der Waals surface area (Å²) < 4.78 is 37.8. The molecule has 0 bridgehead atoms. The van der Waals surface area contributed by atoms with Crippen LogP contribution in [0.3, 0.4) is 0 Å². The first-order chi connectivity index (χ1) is 10.9. The number of fused-ring (bicyclic) bond motifs is 1. The highest BCUT2D eigenvalue weighted by atomic mass is 19.4. The Labute approximate surface area is 130 Å². The van der Waals surface area contributed by atoms with Crippen LogP contribution < -0.4 is 5.32 Å². The van der Waals surface area contributed by atoms with Gasteiger partial charge in [0.05, 0.1) is 6.04 Å². The summed E-state index contributed by atoms with van der Waals surface area (Å²) in [6.07, 6.45) is -2.62. The predicted molar refractivity (Wildman–Crippen MR) is 73.4 cm³/mol. The van der Waals surface area contributed by atoms with Crippen LogP contribution in [0.4, 0.5) is 18.0 Å². The number of carbonyl (C=O) groups excluding carboxylic acids is 2. The standard InChI is InChI=1S/C14H15F3N4O2/c15-14(16,17)8-20-12(22)11-7-18-6-10(21(11)13(20)23)5-9-3-1-2-4-19-9/h1-4,10-11,18H,5-8H2. The molecule has 0 saturated carbocycles. The van der Waals surface area contributed by atoms with Crippen molar-refractivity contribution in [3.05, 3.63) is 30.1 Å². The molecule has 1 aromatic rings. The van der Waals surface area contributed by atoms with E-state index in [0.717, 1.165) is 5.69 Å². The molecule has 3 amide bonds. The maximum atomic E-state index is 12.6. The van der Waals surface area contributed by atoms with Crippen LogP contribution >= 0.6 is 0 Å². The number of rotatable bonds is 3. The van der Waals surface area contributed by atoms with Crippen molar-refractivity contribution in [2.45, 2.75) is 24.7 Å². The second-order valence-corrected chi connectivity index (χ2v) is 5.58. The lowest BCUT2D eigenvalue weighted by atomic mass is 10.0. The highest BCUT2D eigenvalue weighted by Crippen LogP contribution is 2.27. The number of alkyl halides is 3. The second kappa shape index (κ2) is 5.80. The molecule has 0 radical (unpaired) electrons. The van der Waals surface area contributed by atoms with Gasteiger partial charge >= 0.3 is 12.2 Å². The average molecular weight is 328 g/mol. The summed E-state index contributed by atoms with van der Waals surface area (Å²) >= 11 is 0. The number of hydrogen-bond acceptors (Lipinski definition) is 4. The van der Waals surface area contributed by atoms with Crippen LogP contribution in [0.25, 0.3) is 0 Å². The Bertz CT molecular complexity index is 608. The monoisotopic (exact) mass is 328 g/mol. The van der Waals surface area contributed by atoms with Gasteiger partial charge in [-0.05, 0) is 12.1 Å². The Morgan fingerprint density at radius 1 is 1.26 bits per heavy atom. The van der Waals surface area contributed by atoms with Gasteiger partial charge in [-0.3, -0.25) is 14.7 Å². The van der Waals surface area contributed by atoms with E-state index in [1.54, 1.807) is 24.4 Å². The highest BCUT2D eigenvalue weighted by Gasteiger charge is 2.52. The minimum absolute atomic E-state index is 0.164. The predicted octanol–water partition coefficient (Wildman–Crippen LogP) is 0.791. The Morgan fingerprint density at radius 2 is 2.04 bits per heavy atom. The van der Waals surface area contributed by atoms with Crippen molar-refractivity contribution in [2.24, 2.45) is 0 Å². The van der Waals surface area contributed by atoms with Crippen molar-refractivity contribution >= 4 is 11.9 Å². The number of aromatic nitrogens is 1. The number of nitrogens with zero attached hydrogens (tertiary/aromatic N) is 3. The molecule has 0 aliphatic carbocycles. The van der Waals surface area contributed by atoms with Gasteiger partial charge in [-0.1, -0.05) is 6.07 Å². The van der Waals surface area contributed by atoms with Crippen molar-refractivity contribution in [3.8, 4) is 0 Å². The number of imide groups is 1. The van der Waals surface area contributed by atoms with Crippen LogP contribution in [0.5, 0.6) is 0 Å². The lowest BCUT2D eigenvalue weighted by molar-refractivity contribution is -0.153. The molecule has 3 heterocycles. The highest BCUT2D eigenvalue weighted by molar-refractivity contribution is 6.04. The molecule has 1 aromatic heterocycles. The third-order valence-corrected chi connectivity index (χ3v) is 3.96. The third-order valence-electron chi connectivity index (χ3n) is 3.96. The summed E-state index contributed by atoms with van der Waals surface area (Å²) in [5.41, 5.74) is 0.717. The molecule has 2 saturated heterocycles. The molecule has 124 valence electrons. The van der Waals surface area contributed by atoms with E-state index in [4.69, 9.17) is 0 Å². The zero-order valence-corrected chi connectivity index (χ0v) is 12.1. The Kier molecular flexibility index (Phi) is 3.97. The quantitative estimate of drug-likeness (QED) is 0.833. The van der Waals surface area contributed by atoms with Gasteiger partial charge in [0.1, 0.15) is 12.6 Å². The van der Waals surface area contributed by atoms with E-state index in [9.17, 15) is 22.8 Å². The molecule has 2 aliphatic rings. The van der Waals surface area contributed by atoms with E-state index in [1.165, 1.54) is 4.90 Å². The van der Waals surface area contributed by atoms with Gasteiger partial charge in [0.25, 0.3) is 5.91 Å². The number of halogens is 3. The average Bonchev–Trinajstić information content (AvgIpc) is 2.73. The number of hydrogen-bond donors (Lipinski definition) is 1. The number of carbonyl (C=O) groups is 2. The first kappa shape index (κ1) is 15.7. The molecule has 2 aliphatic heterocycles. The number of pyridine rings is 1. The number of piperazine rings is 1. The minimum Gasteiger partial charge on any atom is -0.312 e. The van der Waals surface area contributed by atoms with Gasteiger partial charge in [-0.25, -0.2) is 4.79 Å². The summed E-state index contributed by atoms with van der Waals surface area (Å²) in [6.45, 7) is -0.975. The van der Waals surface area contributed by atoms with E-state index >= 15 is 0 Å². The number of urea groups is 1. The molecule has 0 aromatic carbocycles. The Morgan fingerprint density at radius 3 is 2.70 bits per heavy atom. The van der Waals surface area contributed by atoms with Crippen LogP contribution in [0.2, 0.25) is 0 Å². The molecule has 9 heteroatoms. The van der Waals surface area contributed by atoms with E-state index in [0.29, 0.717) is 17.9 Å². The molecule has 3 rings (SSSR count). The van der Waals surface area contributed by atoms with Crippen LogP contribution in [0, 0.1) is 0 Å². The summed E-state index contributed by atoms with van der Waals surface area (Å²) in [7, 11) is 0. The van der Waals surface area contributed by atoms with Gasteiger partial charge in [-0.2, -0.15) is 13.2 Å². The summed E-state index contributed by atoms with van der Waals surface area (Å²) in [5, 5.41) is 3.01. The van der Waals surface area contributed by atoms with Crippen LogP contribution in [0.1, 0.15) is 5.69 Å². The normalized spacial score (nSPS) is 25.0. The van der Waals surface area contributed by atoms with Crippen molar-refractivity contribution < 1.29 is 22.8 Å². The van der Waals surface area contributed by atoms with Crippen LogP contribution in [-0.2, 0) is 11.2 Å². The minimum atomic E-state index is -4.61. The van der Waals surface area contributed by atoms with Crippen molar-refractivity contribution in [2.75, 3.05) is 19.6 Å². The molecule has 2 unspecified atom stereocenters. The summed E-state index contributed by atoms with van der Waals surface area (Å²) in [6, 6.07) is 3.16. The van der Waals surface area contributed by atoms with Gasteiger partial charge in [0.15, 0.2) is 0 Å². The van der Waals surface area contributed by atoms with E-state index in [1.807, 2.05) is 0 Å². The van der Waals surface area contributed by atoms with Crippen LogP contribution in [0.15, 0.2) is 24.4 Å². The molecule has 23 heavy (non-hydrogen) atoms. The smallest absolute Gasteiger partial charge is 0.312 e. The van der Waals surface area contributed by atoms with Gasteiger partial charge in [0, 0.05) is 31.4 Å². The van der Waals surface area contributed by atoms with Gasteiger partial charge in [0.2, 0.25) is 0 Å². The van der Waals surface area contributed by atoms with Crippen molar-refractivity contribution in [1.29, 1.82) is 0 Å². The van der Waals surface area contributed by atoms with E-state index in [2.05, 4.69) is 10.3 Å². The maximum absolute atomic E-state index is 12.6. The second-order valence-electron chi connectivity index (χ2n) is 5.58. The van der Waals surface area contributed by atoms with Crippen molar-refractivity contribution in [1.82, 2.24) is 20.1 Å². The topological polar surface area (TPSA) is 65.5 Å². The van der Waals surface area contributed by atoms with Gasteiger partial charge in [-0.15, -0.1) is 0 Å². The molecule has 2 atom stereocenters. The van der Waals surface area contributed by atoms with E-state index < -0.39 is 36.7 Å². The largest absolute Gasteiger partial charge is 0.406 e. The Balaban J connectivity index is 1.80. The zero-order valence-electron chi connectivity index (χ0n) is 12.1. The van der Waals surface area contributed by atoms with Crippen LogP contribution in [-0.4, -0.2) is 64.6 Å². The molecule has 0 spiro atoms. The first-order valence-electron chi connectivity index (χ1n) is 7.18. The Hall–Kier alpha value is -2.16. The molecule has 1 N–H and O–H groups in total. The zero-order chi connectivity index (χ0) is 16.6. The first-order valence-corrected chi connectivity index (χ1v) is 7.18. The fourth-order valence-corrected chi connectivity index (χ4v) is 3.00. The SMILES string of the molecule is O=C1C2CNCC(Cc3ccccn3)N2C(=O)N1CC(F)(F)F. The molecule has 2 fully saturated rings. The maximum Gasteiger partial charge on any atom is 0.406 e. The molecular weight excluding hydrogens is 313 g/mol. The molecular formula is C14H15F3N4O2. The van der Waals surface area contributed by atoms with E-state index in [-0.39, 0.29) is 6.54 Å². The lowest BCUT2D eigenvalue weighted by Crippen LogP contribution is -2.58. The summed E-state index contributed by atoms with van der Waals surface area (Å²) in [5.74, 6) is -0.800. The number of nitrogens with one attached hydrogen (secondary N) is 1. The lowest BCUT2D eigenvalue weighted by Gasteiger charge is -2.36. The van der Waals surface area contributed by atoms with Crippen molar-refractivity contribution in [3.63, 3.8) is 0 Å². The molecule has 6 nitrogen and oxygen atoms in total.